The van der Waals surface area contributed by atoms with Crippen molar-refractivity contribution in [2.24, 2.45) is 5.73 Å². The minimum absolute atomic E-state index is 0.0286. The van der Waals surface area contributed by atoms with Gasteiger partial charge in [-0.05, 0) is 79.9 Å². The molecule has 42 heavy (non-hydrogen) atoms. The average Bonchev–Trinajstić information content (AvgIpc) is 3.56. The van der Waals surface area contributed by atoms with Gasteiger partial charge in [0.1, 0.15) is 11.9 Å². The van der Waals surface area contributed by atoms with Crippen molar-refractivity contribution in [2.75, 3.05) is 5.32 Å². The summed E-state index contributed by atoms with van der Waals surface area (Å²) in [4.78, 5) is 28.5. The van der Waals surface area contributed by atoms with Crippen molar-refractivity contribution in [3.05, 3.63) is 84.1 Å². The Balaban J connectivity index is 1.38. The SMILES string of the molecule is Cc1ccc(CCCC(=O)Nc2ccc3ccn(CCCC(O[Si](C)(C)C(C)(C)C)n4cnc(C(N)=O)c4)c3c2)cc1. The Hall–Kier alpha value is -3.69. The molecule has 2 heterocycles. The van der Waals surface area contributed by atoms with Gasteiger partial charge in [0.05, 0.1) is 11.8 Å². The van der Waals surface area contributed by atoms with Crippen molar-refractivity contribution < 1.29 is 14.0 Å². The van der Waals surface area contributed by atoms with Gasteiger partial charge in [0, 0.05) is 31.0 Å². The predicted molar refractivity (Wildman–Crippen MR) is 172 cm³/mol. The van der Waals surface area contributed by atoms with Crippen molar-refractivity contribution in [3.8, 4) is 0 Å². The van der Waals surface area contributed by atoms with Crippen molar-refractivity contribution in [1.82, 2.24) is 14.1 Å². The molecule has 2 aromatic carbocycles. The van der Waals surface area contributed by atoms with E-state index in [1.165, 1.54) is 11.1 Å². The largest absolute Gasteiger partial charge is 0.397 e. The van der Waals surface area contributed by atoms with E-state index in [9.17, 15) is 9.59 Å². The van der Waals surface area contributed by atoms with Crippen molar-refractivity contribution in [2.45, 2.75) is 90.7 Å². The highest BCUT2D eigenvalue weighted by Gasteiger charge is 2.39. The molecular formula is C33H45N5O3Si. The fraction of sp³-hybridized carbons (Fsp3) is 0.424. The smallest absolute Gasteiger partial charge is 0.268 e. The minimum Gasteiger partial charge on any atom is -0.397 e. The van der Waals surface area contributed by atoms with Gasteiger partial charge >= 0.3 is 0 Å². The van der Waals surface area contributed by atoms with Crippen LogP contribution in [0.15, 0.2) is 67.3 Å². The number of carbonyl (C=O) groups is 2. The van der Waals surface area contributed by atoms with E-state index in [1.807, 2.05) is 22.8 Å². The van der Waals surface area contributed by atoms with Gasteiger partial charge in [-0.2, -0.15) is 0 Å². The fourth-order valence-electron chi connectivity index (χ4n) is 4.73. The molecule has 2 amide bonds. The number of fused-ring (bicyclic) bond motifs is 1. The molecule has 0 radical (unpaired) electrons. The molecule has 0 saturated carbocycles. The van der Waals surface area contributed by atoms with Gasteiger partial charge in [-0.3, -0.25) is 9.59 Å². The Morgan fingerprint density at radius 3 is 2.48 bits per heavy atom. The Labute approximate surface area is 250 Å². The van der Waals surface area contributed by atoms with Crippen molar-refractivity contribution >= 4 is 36.7 Å². The molecule has 9 heteroatoms. The Bertz CT molecular complexity index is 1510. The standard InChI is InChI=1S/C33H45N5O3Si/c1-24-12-14-25(15-13-24)9-7-10-30(39)36-27-17-16-26-18-20-37(29(26)21-27)19-8-11-31(41-42(5,6)33(2,3)4)38-22-28(32(34)40)35-23-38/h12-18,20-23,31H,7-11,19H2,1-6H3,(H2,34,40)(H,36,39). The summed E-state index contributed by atoms with van der Waals surface area (Å²) in [5.41, 5.74) is 10.1. The molecule has 1 atom stereocenters. The van der Waals surface area contributed by atoms with Crippen LogP contribution in [0.25, 0.3) is 10.9 Å². The molecular weight excluding hydrogens is 542 g/mol. The van der Waals surface area contributed by atoms with Crippen molar-refractivity contribution in [3.63, 3.8) is 0 Å². The number of nitrogens with zero attached hydrogens (tertiary/aromatic N) is 3. The summed E-state index contributed by atoms with van der Waals surface area (Å²) in [6.45, 7) is 14.0. The normalized spacial score (nSPS) is 12.9. The summed E-state index contributed by atoms with van der Waals surface area (Å²) in [7, 11) is -2.10. The van der Waals surface area contributed by atoms with E-state index in [2.05, 4.69) is 92.2 Å². The number of aromatic nitrogens is 3. The lowest BCUT2D eigenvalue weighted by Gasteiger charge is -2.39. The first-order chi connectivity index (χ1) is 19.8. The maximum absolute atomic E-state index is 12.7. The first-order valence-electron chi connectivity index (χ1n) is 14.8. The van der Waals surface area contributed by atoms with Crippen LogP contribution in [0.2, 0.25) is 18.1 Å². The second kappa shape index (κ2) is 13.1. The highest BCUT2D eigenvalue weighted by atomic mass is 28.4. The second-order valence-corrected chi connectivity index (χ2v) is 17.5. The molecule has 0 spiro atoms. The van der Waals surface area contributed by atoms with Crippen LogP contribution in [-0.4, -0.2) is 34.2 Å². The molecule has 1 unspecified atom stereocenters. The van der Waals surface area contributed by atoms with Gasteiger partial charge in [0.15, 0.2) is 8.32 Å². The van der Waals surface area contributed by atoms with Gasteiger partial charge in [-0.1, -0.05) is 56.7 Å². The number of aryl methyl sites for hydroxylation is 3. The highest BCUT2D eigenvalue weighted by molar-refractivity contribution is 6.74. The molecule has 4 rings (SSSR count). The van der Waals surface area contributed by atoms with Gasteiger partial charge in [0.25, 0.3) is 5.91 Å². The third kappa shape index (κ3) is 7.98. The van der Waals surface area contributed by atoms with E-state index in [1.54, 1.807) is 12.5 Å². The van der Waals surface area contributed by atoms with Gasteiger partial charge < -0.3 is 24.6 Å². The van der Waals surface area contributed by atoms with E-state index >= 15 is 0 Å². The zero-order valence-electron chi connectivity index (χ0n) is 25.8. The van der Waals surface area contributed by atoms with Crippen LogP contribution in [0.3, 0.4) is 0 Å². The molecule has 0 saturated heterocycles. The lowest BCUT2D eigenvalue weighted by Crippen LogP contribution is -2.42. The summed E-state index contributed by atoms with van der Waals surface area (Å²) < 4.78 is 10.9. The summed E-state index contributed by atoms with van der Waals surface area (Å²) in [6, 6.07) is 16.6. The van der Waals surface area contributed by atoms with E-state index in [0.717, 1.165) is 48.8 Å². The van der Waals surface area contributed by atoms with Gasteiger partial charge in [-0.15, -0.1) is 0 Å². The quantitative estimate of drug-likeness (QED) is 0.161. The van der Waals surface area contributed by atoms with Crippen LogP contribution in [0.4, 0.5) is 5.69 Å². The number of hydrogen-bond donors (Lipinski definition) is 2. The van der Waals surface area contributed by atoms with Crippen molar-refractivity contribution in [1.29, 1.82) is 0 Å². The molecule has 4 aromatic rings. The Morgan fingerprint density at radius 2 is 1.81 bits per heavy atom. The van der Waals surface area contributed by atoms with Gasteiger partial charge in [0.2, 0.25) is 5.91 Å². The van der Waals surface area contributed by atoms with E-state index in [4.69, 9.17) is 10.2 Å². The molecule has 3 N–H and O–H groups in total. The Kier molecular flexibility index (Phi) is 9.73. The van der Waals surface area contributed by atoms with Crippen LogP contribution < -0.4 is 11.1 Å². The fourth-order valence-corrected chi connectivity index (χ4v) is 6.00. The van der Waals surface area contributed by atoms with Crippen LogP contribution >= 0.6 is 0 Å². The number of hydrogen-bond acceptors (Lipinski definition) is 4. The van der Waals surface area contributed by atoms with E-state index < -0.39 is 14.2 Å². The number of imidazole rings is 1. The van der Waals surface area contributed by atoms with E-state index in [0.29, 0.717) is 6.42 Å². The minimum atomic E-state index is -2.10. The Morgan fingerprint density at radius 1 is 1.07 bits per heavy atom. The summed E-state index contributed by atoms with van der Waals surface area (Å²) in [6.07, 6.45) is 8.93. The topological polar surface area (TPSA) is 104 Å². The first-order valence-corrected chi connectivity index (χ1v) is 17.7. The van der Waals surface area contributed by atoms with Crippen LogP contribution in [0, 0.1) is 6.92 Å². The van der Waals surface area contributed by atoms with Crippen LogP contribution in [0.5, 0.6) is 0 Å². The number of nitrogens with one attached hydrogen (secondary N) is 1. The third-order valence-electron chi connectivity index (χ3n) is 8.32. The summed E-state index contributed by atoms with van der Waals surface area (Å²) >= 11 is 0. The first kappa shape index (κ1) is 31.2. The average molecular weight is 588 g/mol. The van der Waals surface area contributed by atoms with Crippen LogP contribution in [0.1, 0.15) is 74.3 Å². The summed E-state index contributed by atoms with van der Waals surface area (Å²) in [5.74, 6) is -0.520. The molecule has 8 nitrogen and oxygen atoms in total. The number of rotatable bonds is 13. The number of primary amides is 1. The zero-order chi connectivity index (χ0) is 30.5. The molecule has 224 valence electrons. The van der Waals surface area contributed by atoms with Crippen LogP contribution in [-0.2, 0) is 22.2 Å². The van der Waals surface area contributed by atoms with Gasteiger partial charge in [-0.25, -0.2) is 4.98 Å². The number of benzene rings is 2. The maximum atomic E-state index is 12.7. The summed E-state index contributed by atoms with van der Waals surface area (Å²) in [5, 5.41) is 4.24. The molecule has 2 aromatic heterocycles. The number of nitrogens with two attached hydrogens (primary N) is 1. The molecule has 0 fully saturated rings. The number of amides is 2. The molecule has 0 aliphatic heterocycles. The van der Waals surface area contributed by atoms with E-state index in [-0.39, 0.29) is 22.9 Å². The molecule has 0 aliphatic rings. The molecule has 0 bridgehead atoms. The highest BCUT2D eigenvalue weighted by Crippen LogP contribution is 2.39. The number of carbonyl (C=O) groups excluding carboxylic acids is 2. The lowest BCUT2D eigenvalue weighted by molar-refractivity contribution is -0.116. The maximum Gasteiger partial charge on any atom is 0.268 e. The predicted octanol–water partition coefficient (Wildman–Crippen LogP) is 7.21. The third-order valence-corrected chi connectivity index (χ3v) is 12.8. The zero-order valence-corrected chi connectivity index (χ0v) is 26.8. The number of anilines is 1. The monoisotopic (exact) mass is 587 g/mol. The lowest BCUT2D eigenvalue weighted by atomic mass is 10.1. The molecule has 0 aliphatic carbocycles. The second-order valence-electron chi connectivity index (χ2n) is 12.7.